The van der Waals surface area contributed by atoms with E-state index in [0.717, 1.165) is 0 Å². The molecule has 122 valence electrons. The van der Waals surface area contributed by atoms with Crippen molar-refractivity contribution in [1.82, 2.24) is 10.6 Å². The smallest absolute Gasteiger partial charge is 0.337 e. The highest BCUT2D eigenvalue weighted by atomic mass is 35.5. The SMILES string of the molecule is CCOC(=O)C1=C(COC(=O)[C@@]2(C)CC2(Cl)Cl)NC(=O)NC1. The van der Waals surface area contributed by atoms with Crippen LogP contribution in [0.1, 0.15) is 20.3 Å². The quantitative estimate of drug-likeness (QED) is 0.574. The van der Waals surface area contributed by atoms with Crippen LogP contribution in [0.15, 0.2) is 11.3 Å². The Labute approximate surface area is 137 Å². The maximum absolute atomic E-state index is 12.0. The molecule has 0 saturated heterocycles. The topological polar surface area (TPSA) is 93.7 Å². The normalized spacial score (nSPS) is 25.9. The third-order valence-corrected chi connectivity index (χ3v) is 4.73. The molecule has 2 N–H and O–H groups in total. The highest BCUT2D eigenvalue weighted by Crippen LogP contribution is 2.64. The summed E-state index contributed by atoms with van der Waals surface area (Å²) < 4.78 is 8.89. The summed E-state index contributed by atoms with van der Waals surface area (Å²) in [5.74, 6) is -1.16. The monoisotopic (exact) mass is 350 g/mol. The molecular formula is C13H16Cl2N2O5. The van der Waals surface area contributed by atoms with Crippen molar-refractivity contribution >= 4 is 41.2 Å². The lowest BCUT2D eigenvalue weighted by Crippen LogP contribution is -2.45. The lowest BCUT2D eigenvalue weighted by Gasteiger charge is -2.21. The highest BCUT2D eigenvalue weighted by Gasteiger charge is 2.69. The summed E-state index contributed by atoms with van der Waals surface area (Å²) in [6.45, 7) is 3.20. The fourth-order valence-corrected chi connectivity index (χ4v) is 2.68. The van der Waals surface area contributed by atoms with Crippen molar-refractivity contribution in [3.63, 3.8) is 0 Å². The van der Waals surface area contributed by atoms with Gasteiger partial charge in [-0.1, -0.05) is 0 Å². The van der Waals surface area contributed by atoms with Crippen LogP contribution in [0.3, 0.4) is 0 Å². The van der Waals surface area contributed by atoms with E-state index in [1.807, 2.05) is 0 Å². The van der Waals surface area contributed by atoms with Crippen LogP contribution in [-0.4, -0.2) is 42.1 Å². The Bertz CT molecular complexity index is 561. The summed E-state index contributed by atoms with van der Waals surface area (Å²) in [4.78, 5) is 35.2. The van der Waals surface area contributed by atoms with E-state index in [1.165, 1.54) is 0 Å². The third-order valence-electron chi connectivity index (χ3n) is 3.63. The molecule has 9 heteroatoms. The molecule has 0 aromatic rings. The number of esters is 2. The molecule has 0 radical (unpaired) electrons. The van der Waals surface area contributed by atoms with Crippen molar-refractivity contribution in [3.05, 3.63) is 11.3 Å². The molecule has 22 heavy (non-hydrogen) atoms. The van der Waals surface area contributed by atoms with Gasteiger partial charge in [0, 0.05) is 6.42 Å². The lowest BCUT2D eigenvalue weighted by molar-refractivity contribution is -0.149. The Morgan fingerprint density at radius 1 is 1.32 bits per heavy atom. The first-order valence-corrected chi connectivity index (χ1v) is 7.46. The minimum Gasteiger partial charge on any atom is -0.463 e. The number of amides is 2. The molecule has 0 aromatic carbocycles. The summed E-state index contributed by atoms with van der Waals surface area (Å²) in [5, 5.41) is 4.89. The Morgan fingerprint density at radius 3 is 2.50 bits per heavy atom. The number of carbonyl (C=O) groups is 3. The zero-order chi connectivity index (χ0) is 16.5. The van der Waals surface area contributed by atoms with E-state index < -0.39 is 27.7 Å². The van der Waals surface area contributed by atoms with E-state index in [2.05, 4.69) is 10.6 Å². The number of alkyl halides is 2. The number of rotatable bonds is 5. The minimum atomic E-state index is -1.14. The lowest BCUT2D eigenvalue weighted by atomic mass is 10.1. The number of halogens is 2. The van der Waals surface area contributed by atoms with Gasteiger partial charge in [-0.3, -0.25) is 4.79 Å². The Kier molecular flexibility index (Phi) is 4.58. The van der Waals surface area contributed by atoms with E-state index >= 15 is 0 Å². The van der Waals surface area contributed by atoms with Gasteiger partial charge in [-0.2, -0.15) is 0 Å². The van der Waals surface area contributed by atoms with E-state index in [9.17, 15) is 14.4 Å². The first-order chi connectivity index (χ1) is 10.2. The molecule has 0 spiro atoms. The molecule has 0 bridgehead atoms. The predicted octanol–water partition coefficient (Wildman–Crippen LogP) is 1.24. The number of nitrogens with one attached hydrogen (secondary N) is 2. The second-order valence-electron chi connectivity index (χ2n) is 5.27. The van der Waals surface area contributed by atoms with Crippen molar-refractivity contribution in [3.8, 4) is 0 Å². The molecule has 0 aromatic heterocycles. The first kappa shape index (κ1) is 16.9. The number of hydrogen-bond acceptors (Lipinski definition) is 5. The third kappa shape index (κ3) is 3.15. The van der Waals surface area contributed by atoms with Gasteiger partial charge < -0.3 is 20.1 Å². The van der Waals surface area contributed by atoms with Gasteiger partial charge in [0.25, 0.3) is 0 Å². The Morgan fingerprint density at radius 2 is 1.95 bits per heavy atom. The van der Waals surface area contributed by atoms with Crippen LogP contribution < -0.4 is 10.6 Å². The van der Waals surface area contributed by atoms with Crippen LogP contribution in [0, 0.1) is 5.41 Å². The summed E-state index contributed by atoms with van der Waals surface area (Å²) in [6, 6.07) is -0.485. The maximum atomic E-state index is 12.0. The van der Waals surface area contributed by atoms with E-state index in [-0.39, 0.29) is 31.0 Å². The van der Waals surface area contributed by atoms with Crippen LogP contribution in [0.2, 0.25) is 0 Å². The Balaban J connectivity index is 2.06. The molecule has 7 nitrogen and oxygen atoms in total. The molecule has 2 amide bonds. The standard InChI is InChI=1S/C13H16Cl2N2O5/c1-3-21-9(18)7-4-16-11(20)17-8(7)5-22-10(19)12(2)6-13(12,14)15/h3-6H2,1-2H3,(H2,16,17,20)/t12-/m1/s1. The molecule has 1 fully saturated rings. The van der Waals surface area contributed by atoms with Gasteiger partial charge in [0.15, 0.2) is 0 Å². The van der Waals surface area contributed by atoms with Gasteiger partial charge in [0.1, 0.15) is 16.4 Å². The second-order valence-corrected chi connectivity index (χ2v) is 6.76. The van der Waals surface area contributed by atoms with Crippen LogP contribution in [0.5, 0.6) is 0 Å². The highest BCUT2D eigenvalue weighted by molar-refractivity contribution is 6.53. The van der Waals surface area contributed by atoms with E-state index in [0.29, 0.717) is 6.42 Å². The summed E-state index contributed by atoms with van der Waals surface area (Å²) in [7, 11) is 0. The molecule has 1 saturated carbocycles. The number of ether oxygens (including phenoxy) is 2. The number of hydrogen-bond donors (Lipinski definition) is 2. The predicted molar refractivity (Wildman–Crippen MR) is 78.3 cm³/mol. The molecule has 1 atom stereocenters. The fraction of sp³-hybridized carbons (Fsp3) is 0.615. The average molecular weight is 351 g/mol. The van der Waals surface area contributed by atoms with Crippen molar-refractivity contribution < 1.29 is 23.9 Å². The van der Waals surface area contributed by atoms with Crippen LogP contribution in [0.4, 0.5) is 4.79 Å². The van der Waals surface area contributed by atoms with Crippen LogP contribution in [0.25, 0.3) is 0 Å². The van der Waals surface area contributed by atoms with Gasteiger partial charge in [0.05, 0.1) is 24.4 Å². The van der Waals surface area contributed by atoms with Crippen molar-refractivity contribution in [2.45, 2.75) is 24.6 Å². The van der Waals surface area contributed by atoms with Gasteiger partial charge in [-0.25, -0.2) is 9.59 Å². The minimum absolute atomic E-state index is 0.00374. The summed E-state index contributed by atoms with van der Waals surface area (Å²) in [6.07, 6.45) is 0.291. The average Bonchev–Trinajstić information content (AvgIpc) is 2.96. The van der Waals surface area contributed by atoms with Gasteiger partial charge in [-0.15, -0.1) is 23.2 Å². The first-order valence-electron chi connectivity index (χ1n) is 6.70. The maximum Gasteiger partial charge on any atom is 0.337 e. The molecule has 0 unspecified atom stereocenters. The molecule has 2 aliphatic rings. The molecule has 1 heterocycles. The molecular weight excluding hydrogens is 335 g/mol. The Hall–Kier alpha value is -1.47. The van der Waals surface area contributed by atoms with Crippen molar-refractivity contribution in [2.75, 3.05) is 19.8 Å². The van der Waals surface area contributed by atoms with Crippen LogP contribution >= 0.6 is 23.2 Å². The van der Waals surface area contributed by atoms with E-state index in [4.69, 9.17) is 32.7 Å². The van der Waals surface area contributed by atoms with Crippen molar-refractivity contribution in [1.29, 1.82) is 0 Å². The second kappa shape index (κ2) is 5.96. The zero-order valence-electron chi connectivity index (χ0n) is 12.1. The van der Waals surface area contributed by atoms with Gasteiger partial charge in [-0.05, 0) is 13.8 Å². The van der Waals surface area contributed by atoms with E-state index in [1.54, 1.807) is 13.8 Å². The number of urea groups is 1. The summed E-state index contributed by atoms with van der Waals surface area (Å²) >= 11 is 11.8. The number of carbonyl (C=O) groups excluding carboxylic acids is 3. The zero-order valence-corrected chi connectivity index (χ0v) is 13.6. The molecule has 1 aliphatic carbocycles. The summed E-state index contributed by atoms with van der Waals surface area (Å²) in [5.41, 5.74) is -0.578. The largest absolute Gasteiger partial charge is 0.463 e. The molecule has 1 aliphatic heterocycles. The molecule has 2 rings (SSSR count). The van der Waals surface area contributed by atoms with Gasteiger partial charge >= 0.3 is 18.0 Å². The van der Waals surface area contributed by atoms with Crippen molar-refractivity contribution in [2.24, 2.45) is 5.41 Å². The fourth-order valence-electron chi connectivity index (χ4n) is 1.99. The van der Waals surface area contributed by atoms with Crippen LogP contribution in [-0.2, 0) is 19.1 Å². The van der Waals surface area contributed by atoms with Gasteiger partial charge in [0.2, 0.25) is 0 Å².